The number of nitrogens with two attached hydrogens (primary N) is 1. The summed E-state index contributed by atoms with van der Waals surface area (Å²) in [4.78, 5) is 14.4. The molecule has 0 aromatic heterocycles. The topological polar surface area (TPSA) is 92.5 Å². The second-order valence-electron chi connectivity index (χ2n) is 6.46. The third kappa shape index (κ3) is 3.71. The summed E-state index contributed by atoms with van der Waals surface area (Å²) in [5.74, 6) is -0.0410. The molecule has 3 atom stereocenters. The van der Waals surface area contributed by atoms with Gasteiger partial charge in [0.1, 0.15) is 0 Å². The van der Waals surface area contributed by atoms with E-state index in [2.05, 4.69) is 4.72 Å². The highest BCUT2D eigenvalue weighted by molar-refractivity contribution is 7.88. The lowest BCUT2D eigenvalue weighted by atomic mass is 9.74. The van der Waals surface area contributed by atoms with Gasteiger partial charge in [-0.25, -0.2) is 13.1 Å². The van der Waals surface area contributed by atoms with Crippen molar-refractivity contribution in [2.45, 2.75) is 50.6 Å². The fourth-order valence-corrected chi connectivity index (χ4v) is 4.14. The lowest BCUT2D eigenvalue weighted by molar-refractivity contribution is -0.137. The molecule has 6 nitrogen and oxygen atoms in total. The first kappa shape index (κ1) is 15.7. The molecule has 2 aliphatic rings. The van der Waals surface area contributed by atoms with Crippen molar-refractivity contribution >= 4 is 15.9 Å². The molecule has 1 saturated carbocycles. The van der Waals surface area contributed by atoms with Crippen molar-refractivity contribution in [2.75, 3.05) is 19.3 Å². The Hall–Kier alpha value is -0.660. The van der Waals surface area contributed by atoms with Gasteiger partial charge in [-0.2, -0.15) is 0 Å². The van der Waals surface area contributed by atoms with E-state index in [0.717, 1.165) is 31.9 Å². The molecule has 1 amide bonds. The predicted octanol–water partition coefficient (Wildman–Crippen LogP) is 0.0441. The highest BCUT2D eigenvalue weighted by Gasteiger charge is 2.41. The number of carbonyl (C=O) groups excluding carboxylic acids is 1. The Balaban J connectivity index is 1.97. The van der Waals surface area contributed by atoms with Crippen molar-refractivity contribution in [1.29, 1.82) is 0 Å². The SMILES string of the molecule is CC1(N)CCCCC1C(=O)N1CCC(NS(C)(=O)=O)C1. The minimum Gasteiger partial charge on any atom is -0.341 e. The van der Waals surface area contributed by atoms with Gasteiger partial charge in [0, 0.05) is 24.7 Å². The number of rotatable bonds is 3. The van der Waals surface area contributed by atoms with Crippen LogP contribution in [0.25, 0.3) is 0 Å². The van der Waals surface area contributed by atoms with Crippen molar-refractivity contribution in [2.24, 2.45) is 11.7 Å². The first-order valence-corrected chi connectivity index (χ1v) is 9.13. The van der Waals surface area contributed by atoms with E-state index >= 15 is 0 Å². The van der Waals surface area contributed by atoms with Crippen LogP contribution in [0.2, 0.25) is 0 Å². The Labute approximate surface area is 121 Å². The zero-order valence-corrected chi connectivity index (χ0v) is 13.1. The van der Waals surface area contributed by atoms with E-state index < -0.39 is 15.6 Å². The van der Waals surface area contributed by atoms with Gasteiger partial charge in [0.2, 0.25) is 15.9 Å². The van der Waals surface area contributed by atoms with Crippen LogP contribution < -0.4 is 10.5 Å². The van der Waals surface area contributed by atoms with Crippen LogP contribution in [0.15, 0.2) is 0 Å². The van der Waals surface area contributed by atoms with Crippen molar-refractivity contribution in [3.05, 3.63) is 0 Å². The maximum absolute atomic E-state index is 12.6. The molecule has 0 radical (unpaired) electrons. The lowest BCUT2D eigenvalue weighted by Crippen LogP contribution is -2.53. The molecule has 1 aliphatic heterocycles. The van der Waals surface area contributed by atoms with Crippen LogP contribution in [0.3, 0.4) is 0 Å². The molecule has 0 spiro atoms. The van der Waals surface area contributed by atoms with Crippen LogP contribution in [0.5, 0.6) is 0 Å². The summed E-state index contributed by atoms with van der Waals surface area (Å²) in [6, 6.07) is -0.165. The summed E-state index contributed by atoms with van der Waals surface area (Å²) in [6.45, 7) is 3.02. The molecule has 7 heteroatoms. The van der Waals surface area contributed by atoms with Gasteiger partial charge in [-0.05, 0) is 26.2 Å². The van der Waals surface area contributed by atoms with Crippen molar-refractivity contribution in [3.63, 3.8) is 0 Å². The van der Waals surface area contributed by atoms with E-state index in [1.165, 1.54) is 0 Å². The third-order valence-corrected chi connectivity index (χ3v) is 5.19. The Bertz CT molecular complexity index is 475. The zero-order valence-electron chi connectivity index (χ0n) is 12.3. The number of carbonyl (C=O) groups is 1. The summed E-state index contributed by atoms with van der Waals surface area (Å²) in [7, 11) is -3.22. The van der Waals surface area contributed by atoms with Gasteiger partial charge in [-0.1, -0.05) is 12.8 Å². The summed E-state index contributed by atoms with van der Waals surface area (Å²) in [5.41, 5.74) is 5.84. The summed E-state index contributed by atoms with van der Waals surface area (Å²) < 4.78 is 25.0. The maximum atomic E-state index is 12.6. The molecule has 1 heterocycles. The largest absolute Gasteiger partial charge is 0.341 e. The van der Waals surface area contributed by atoms with Gasteiger partial charge >= 0.3 is 0 Å². The lowest BCUT2D eigenvalue weighted by Gasteiger charge is -2.39. The molecule has 116 valence electrons. The molecule has 2 fully saturated rings. The molecule has 2 rings (SSSR count). The van der Waals surface area contributed by atoms with Gasteiger partial charge in [-0.15, -0.1) is 0 Å². The third-order valence-electron chi connectivity index (χ3n) is 4.43. The quantitative estimate of drug-likeness (QED) is 0.770. The van der Waals surface area contributed by atoms with Crippen LogP contribution >= 0.6 is 0 Å². The van der Waals surface area contributed by atoms with Crippen molar-refractivity contribution in [1.82, 2.24) is 9.62 Å². The average molecular weight is 303 g/mol. The number of hydrogen-bond donors (Lipinski definition) is 2. The second kappa shape index (κ2) is 5.61. The van der Waals surface area contributed by atoms with E-state index in [1.807, 2.05) is 6.92 Å². The van der Waals surface area contributed by atoms with E-state index in [4.69, 9.17) is 5.73 Å². The van der Waals surface area contributed by atoms with E-state index in [0.29, 0.717) is 19.5 Å². The summed E-state index contributed by atoms with van der Waals surface area (Å²) >= 11 is 0. The Morgan fingerprint density at radius 2 is 2.05 bits per heavy atom. The Morgan fingerprint density at radius 1 is 1.35 bits per heavy atom. The fourth-order valence-electron chi connectivity index (χ4n) is 3.34. The molecular weight excluding hydrogens is 278 g/mol. The molecule has 3 unspecified atom stereocenters. The van der Waals surface area contributed by atoms with Crippen LogP contribution in [0.1, 0.15) is 39.0 Å². The van der Waals surface area contributed by atoms with Gasteiger partial charge in [0.15, 0.2) is 0 Å². The van der Waals surface area contributed by atoms with Crippen LogP contribution in [0.4, 0.5) is 0 Å². The highest BCUT2D eigenvalue weighted by Crippen LogP contribution is 2.33. The molecule has 1 aliphatic carbocycles. The number of nitrogens with one attached hydrogen (secondary N) is 1. The molecule has 20 heavy (non-hydrogen) atoms. The number of amides is 1. The van der Waals surface area contributed by atoms with Gasteiger partial charge in [-0.3, -0.25) is 4.79 Å². The second-order valence-corrected chi connectivity index (χ2v) is 8.24. The zero-order chi connectivity index (χ0) is 15.0. The van der Waals surface area contributed by atoms with Crippen molar-refractivity contribution < 1.29 is 13.2 Å². The van der Waals surface area contributed by atoms with Gasteiger partial charge < -0.3 is 10.6 Å². The molecule has 0 aromatic carbocycles. The fraction of sp³-hybridized carbons (Fsp3) is 0.923. The van der Waals surface area contributed by atoms with Crippen LogP contribution in [-0.4, -0.2) is 50.2 Å². The number of likely N-dealkylation sites (tertiary alicyclic amines) is 1. The normalized spacial score (nSPS) is 35.2. The molecule has 1 saturated heterocycles. The summed E-state index contributed by atoms with van der Waals surface area (Å²) in [5, 5.41) is 0. The first-order chi connectivity index (χ1) is 9.19. The van der Waals surface area contributed by atoms with E-state index in [9.17, 15) is 13.2 Å². The monoisotopic (exact) mass is 303 g/mol. The molecule has 0 aromatic rings. The molecular formula is C13H25N3O3S. The first-order valence-electron chi connectivity index (χ1n) is 7.24. The minimum atomic E-state index is -3.22. The number of hydrogen-bond acceptors (Lipinski definition) is 4. The van der Waals surface area contributed by atoms with E-state index in [1.54, 1.807) is 4.90 Å². The van der Waals surface area contributed by atoms with Crippen LogP contribution in [0, 0.1) is 5.92 Å². The standard InChI is InChI=1S/C13H25N3O3S/c1-13(14)7-4-3-5-11(13)12(17)16-8-6-10(9-16)15-20(2,18)19/h10-11,15H,3-9,14H2,1-2H3. The average Bonchev–Trinajstić information content (AvgIpc) is 2.73. The Kier molecular flexibility index (Phi) is 4.41. The smallest absolute Gasteiger partial charge is 0.227 e. The van der Waals surface area contributed by atoms with Gasteiger partial charge in [0.05, 0.1) is 12.2 Å². The van der Waals surface area contributed by atoms with E-state index in [-0.39, 0.29) is 17.9 Å². The molecule has 3 N–H and O–H groups in total. The number of sulfonamides is 1. The number of nitrogens with zero attached hydrogens (tertiary/aromatic N) is 1. The maximum Gasteiger partial charge on any atom is 0.227 e. The highest BCUT2D eigenvalue weighted by atomic mass is 32.2. The summed E-state index contributed by atoms with van der Waals surface area (Å²) in [6.07, 6.45) is 5.66. The van der Waals surface area contributed by atoms with Crippen LogP contribution in [-0.2, 0) is 14.8 Å². The van der Waals surface area contributed by atoms with Crippen molar-refractivity contribution in [3.8, 4) is 0 Å². The Morgan fingerprint density at radius 3 is 2.65 bits per heavy atom. The minimum absolute atomic E-state index is 0.0903. The van der Waals surface area contributed by atoms with Gasteiger partial charge in [0.25, 0.3) is 0 Å². The predicted molar refractivity (Wildman–Crippen MR) is 77.5 cm³/mol. The molecule has 0 bridgehead atoms.